The van der Waals surface area contributed by atoms with Gasteiger partial charge >= 0.3 is 0 Å². The van der Waals surface area contributed by atoms with Crippen molar-refractivity contribution in [3.8, 4) is 0 Å². The van der Waals surface area contributed by atoms with Crippen molar-refractivity contribution in [2.75, 3.05) is 0 Å². The van der Waals surface area contributed by atoms with Crippen LogP contribution in [-0.2, 0) is 9.83 Å². The smallest absolute Gasteiger partial charge is 0.252 e. The Bertz CT molecular complexity index is 557. The fraction of sp³-hybridized carbons (Fsp3) is 0. The summed E-state index contributed by atoms with van der Waals surface area (Å²) >= 11 is 0. The number of carbonyl (C=O) groups is 1. The standard InChI is InChI=1S/C10H5NO2S2/c12-10-9-8(15(13)14-10)5-6-3-1-2-4-7(6)11-9/h1-5H. The maximum atomic E-state index is 11.5. The molecule has 1 aliphatic heterocycles. The van der Waals surface area contributed by atoms with E-state index in [1.54, 1.807) is 6.07 Å². The molecule has 0 saturated heterocycles. The summed E-state index contributed by atoms with van der Waals surface area (Å²) in [7, 11) is -0.449. The molecule has 1 aliphatic rings. The molecule has 1 unspecified atom stereocenters. The van der Waals surface area contributed by atoms with Gasteiger partial charge in [-0.15, -0.1) is 0 Å². The highest BCUT2D eigenvalue weighted by Crippen LogP contribution is 2.34. The van der Waals surface area contributed by atoms with Crippen molar-refractivity contribution >= 4 is 36.6 Å². The Labute approximate surface area is 91.8 Å². The summed E-state index contributed by atoms with van der Waals surface area (Å²) in [5, 5.41) is 0.717. The van der Waals surface area contributed by atoms with Crippen molar-refractivity contribution in [3.63, 3.8) is 0 Å². The molecule has 0 radical (unpaired) electrons. The van der Waals surface area contributed by atoms with E-state index in [0.717, 1.165) is 21.7 Å². The number of hydrogen-bond donors (Lipinski definition) is 0. The molecule has 3 rings (SSSR count). The Morgan fingerprint density at radius 3 is 2.93 bits per heavy atom. The van der Waals surface area contributed by atoms with Gasteiger partial charge in [-0.05, 0) is 12.1 Å². The second-order valence-electron chi connectivity index (χ2n) is 3.13. The van der Waals surface area contributed by atoms with Crippen LogP contribution in [0.4, 0.5) is 0 Å². The van der Waals surface area contributed by atoms with E-state index in [0.29, 0.717) is 10.6 Å². The molecule has 0 N–H and O–H groups in total. The van der Waals surface area contributed by atoms with Gasteiger partial charge in [0.05, 0.1) is 10.4 Å². The third-order valence-corrected chi connectivity index (χ3v) is 4.83. The lowest BCUT2D eigenvalue weighted by Crippen LogP contribution is -1.94. The highest BCUT2D eigenvalue weighted by Gasteiger charge is 2.29. The summed E-state index contributed by atoms with van der Waals surface area (Å²) in [6.45, 7) is 0. The van der Waals surface area contributed by atoms with Crippen molar-refractivity contribution in [1.29, 1.82) is 0 Å². The normalized spacial score (nSPS) is 19.5. The van der Waals surface area contributed by atoms with E-state index < -0.39 is 9.83 Å². The van der Waals surface area contributed by atoms with Crippen LogP contribution in [0.1, 0.15) is 10.5 Å². The second kappa shape index (κ2) is 3.15. The minimum atomic E-state index is -1.28. The van der Waals surface area contributed by atoms with Gasteiger partial charge in [0.15, 0.2) is 0 Å². The first kappa shape index (κ1) is 9.06. The molecule has 2 aromatic rings. The molecule has 1 aromatic carbocycles. The van der Waals surface area contributed by atoms with Gasteiger partial charge in [-0.3, -0.25) is 4.79 Å². The minimum Gasteiger partial charge on any atom is -0.279 e. The molecule has 0 aliphatic carbocycles. The van der Waals surface area contributed by atoms with Crippen LogP contribution in [0.15, 0.2) is 35.2 Å². The van der Waals surface area contributed by atoms with Crippen LogP contribution in [0.2, 0.25) is 0 Å². The van der Waals surface area contributed by atoms with E-state index in [1.807, 2.05) is 24.3 Å². The lowest BCUT2D eigenvalue weighted by atomic mass is 10.2. The quantitative estimate of drug-likeness (QED) is 0.656. The van der Waals surface area contributed by atoms with E-state index in [9.17, 15) is 9.00 Å². The number of pyridine rings is 1. The SMILES string of the molecule is O=C1SS(=O)c2cc3ccccc3nc21. The van der Waals surface area contributed by atoms with E-state index in [4.69, 9.17) is 0 Å². The van der Waals surface area contributed by atoms with Crippen LogP contribution in [0.25, 0.3) is 10.9 Å². The topological polar surface area (TPSA) is 47.0 Å². The van der Waals surface area contributed by atoms with Gasteiger partial charge < -0.3 is 0 Å². The zero-order valence-electron chi connectivity index (χ0n) is 7.47. The summed E-state index contributed by atoms with van der Waals surface area (Å²) in [5.41, 5.74) is 1.11. The lowest BCUT2D eigenvalue weighted by molar-refractivity contribution is 0.108. The van der Waals surface area contributed by atoms with Crippen molar-refractivity contribution in [3.05, 3.63) is 36.0 Å². The summed E-state index contributed by atoms with van der Waals surface area (Å²) in [4.78, 5) is 16.2. The molecule has 0 amide bonds. The average molecular weight is 235 g/mol. The van der Waals surface area contributed by atoms with E-state index in [1.165, 1.54) is 0 Å². The van der Waals surface area contributed by atoms with Crippen LogP contribution < -0.4 is 0 Å². The largest absolute Gasteiger partial charge is 0.279 e. The summed E-state index contributed by atoms with van der Waals surface area (Å²) in [6, 6.07) is 9.28. The number of nitrogens with zero attached hydrogens (tertiary/aromatic N) is 1. The number of carbonyl (C=O) groups excluding carboxylic acids is 1. The maximum Gasteiger partial charge on any atom is 0.252 e. The fourth-order valence-corrected chi connectivity index (χ4v) is 3.87. The second-order valence-corrected chi connectivity index (χ2v) is 5.99. The molecular weight excluding hydrogens is 230 g/mol. The zero-order chi connectivity index (χ0) is 10.4. The van der Waals surface area contributed by atoms with Crippen molar-refractivity contribution < 1.29 is 9.00 Å². The lowest BCUT2D eigenvalue weighted by Gasteiger charge is -1.98. The van der Waals surface area contributed by atoms with Gasteiger partial charge in [0.1, 0.15) is 15.5 Å². The van der Waals surface area contributed by atoms with Crippen molar-refractivity contribution in [2.45, 2.75) is 4.90 Å². The van der Waals surface area contributed by atoms with Crippen molar-refractivity contribution in [1.82, 2.24) is 4.98 Å². The van der Waals surface area contributed by atoms with Crippen LogP contribution >= 0.6 is 10.8 Å². The molecular formula is C10H5NO2S2. The summed E-state index contributed by atoms with van der Waals surface area (Å²) in [5.74, 6) is 0. The predicted octanol–water partition coefficient (Wildman–Crippen LogP) is 2.14. The van der Waals surface area contributed by atoms with Crippen molar-refractivity contribution in [2.24, 2.45) is 0 Å². The van der Waals surface area contributed by atoms with E-state index in [2.05, 4.69) is 4.98 Å². The average Bonchev–Trinajstić information content (AvgIpc) is 2.52. The highest BCUT2D eigenvalue weighted by atomic mass is 33.1. The Balaban J connectivity index is 2.41. The minimum absolute atomic E-state index is 0.200. The Morgan fingerprint density at radius 1 is 1.27 bits per heavy atom. The third kappa shape index (κ3) is 1.31. The maximum absolute atomic E-state index is 11.5. The molecule has 0 saturated carbocycles. The molecule has 74 valence electrons. The van der Waals surface area contributed by atoms with Crippen LogP contribution in [0.3, 0.4) is 0 Å². The van der Waals surface area contributed by atoms with Gasteiger partial charge in [-0.2, -0.15) is 0 Å². The number of para-hydroxylation sites is 1. The number of aromatic nitrogens is 1. The molecule has 1 aromatic heterocycles. The highest BCUT2D eigenvalue weighted by molar-refractivity contribution is 8.76. The number of benzene rings is 1. The first-order valence-electron chi connectivity index (χ1n) is 4.30. The molecule has 15 heavy (non-hydrogen) atoms. The predicted molar refractivity (Wildman–Crippen MR) is 60.1 cm³/mol. The number of hydrogen-bond acceptors (Lipinski definition) is 4. The zero-order valence-corrected chi connectivity index (χ0v) is 9.10. The molecule has 2 heterocycles. The monoisotopic (exact) mass is 235 g/mol. The third-order valence-electron chi connectivity index (χ3n) is 2.21. The number of rotatable bonds is 0. The Morgan fingerprint density at radius 2 is 2.07 bits per heavy atom. The Hall–Kier alpha value is -1.20. The Kier molecular flexibility index (Phi) is 1.90. The fourth-order valence-electron chi connectivity index (χ4n) is 1.52. The van der Waals surface area contributed by atoms with Gasteiger partial charge in [-0.1, -0.05) is 18.2 Å². The number of fused-ring (bicyclic) bond motifs is 2. The first-order valence-corrected chi connectivity index (χ1v) is 6.78. The van der Waals surface area contributed by atoms with E-state index in [-0.39, 0.29) is 5.12 Å². The van der Waals surface area contributed by atoms with Gasteiger partial charge in [0.2, 0.25) is 0 Å². The summed E-state index contributed by atoms with van der Waals surface area (Å²) in [6.07, 6.45) is 0. The van der Waals surface area contributed by atoms with Gasteiger partial charge in [-0.25, -0.2) is 9.19 Å². The van der Waals surface area contributed by atoms with E-state index >= 15 is 0 Å². The molecule has 0 spiro atoms. The molecule has 3 nitrogen and oxygen atoms in total. The van der Waals surface area contributed by atoms with Gasteiger partial charge in [0.25, 0.3) is 5.12 Å². The molecule has 0 fully saturated rings. The molecule has 1 atom stereocenters. The molecule has 0 bridgehead atoms. The van der Waals surface area contributed by atoms with Crippen LogP contribution in [0, 0.1) is 0 Å². The van der Waals surface area contributed by atoms with Crippen LogP contribution in [0.5, 0.6) is 0 Å². The first-order chi connectivity index (χ1) is 7.25. The van der Waals surface area contributed by atoms with Gasteiger partial charge in [0, 0.05) is 16.2 Å². The summed E-state index contributed by atoms with van der Waals surface area (Å²) < 4.78 is 11.5. The van der Waals surface area contributed by atoms with Crippen LogP contribution in [-0.4, -0.2) is 14.3 Å². The molecule has 5 heteroatoms.